The molecular formula is C21H23Cl2IN2. The summed E-state index contributed by atoms with van der Waals surface area (Å²) in [5.41, 5.74) is 11.3. The lowest BCUT2D eigenvalue weighted by Gasteiger charge is -2.20. The molecule has 138 valence electrons. The second-order valence-electron chi connectivity index (χ2n) is 6.09. The van der Waals surface area contributed by atoms with Gasteiger partial charge in [0, 0.05) is 44.9 Å². The normalized spacial score (nSPS) is 13.3. The van der Waals surface area contributed by atoms with Crippen molar-refractivity contribution in [1.82, 2.24) is 0 Å². The van der Waals surface area contributed by atoms with Crippen molar-refractivity contribution in [2.45, 2.75) is 26.2 Å². The highest BCUT2D eigenvalue weighted by Gasteiger charge is 2.18. The second-order valence-corrected chi connectivity index (χ2v) is 7.82. The number of hydrogen-bond acceptors (Lipinski definition) is 2. The highest BCUT2D eigenvalue weighted by molar-refractivity contribution is 14.1. The second kappa shape index (κ2) is 10.3. The summed E-state index contributed by atoms with van der Waals surface area (Å²) in [7, 11) is 0. The third-order valence-corrected chi connectivity index (χ3v) is 5.76. The van der Waals surface area contributed by atoms with Gasteiger partial charge in [0.25, 0.3) is 0 Å². The molecule has 0 aromatic heterocycles. The van der Waals surface area contributed by atoms with Gasteiger partial charge < -0.3 is 5.73 Å². The van der Waals surface area contributed by atoms with Crippen LogP contribution in [0.4, 0.5) is 0 Å². The number of allylic oxidation sites excluding steroid dienone is 1. The fraction of sp³-hybridized carbons (Fsp3) is 0.286. The Balaban J connectivity index is 2.44. The van der Waals surface area contributed by atoms with Gasteiger partial charge in [-0.25, -0.2) is 0 Å². The zero-order valence-corrected chi connectivity index (χ0v) is 18.6. The minimum Gasteiger partial charge on any atom is -0.404 e. The van der Waals surface area contributed by atoms with Crippen molar-refractivity contribution in [2.75, 3.05) is 11.0 Å². The summed E-state index contributed by atoms with van der Waals surface area (Å²) in [6.45, 7) is 4.95. The smallest absolute Gasteiger partial charge is 0.0452 e. The summed E-state index contributed by atoms with van der Waals surface area (Å²) in [5, 5.41) is 1.36. The van der Waals surface area contributed by atoms with Crippen LogP contribution in [0, 0.1) is 6.92 Å². The van der Waals surface area contributed by atoms with Crippen LogP contribution in [0.2, 0.25) is 10.0 Å². The van der Waals surface area contributed by atoms with Crippen molar-refractivity contribution >= 4 is 57.6 Å². The molecule has 0 aliphatic heterocycles. The highest BCUT2D eigenvalue weighted by Crippen LogP contribution is 2.35. The Labute approximate surface area is 179 Å². The fourth-order valence-corrected chi connectivity index (χ4v) is 4.31. The molecule has 0 saturated carbocycles. The molecule has 0 bridgehead atoms. The van der Waals surface area contributed by atoms with Crippen LogP contribution in [0.25, 0.3) is 5.57 Å². The van der Waals surface area contributed by atoms with Gasteiger partial charge in [-0.2, -0.15) is 0 Å². The number of nitrogens with two attached hydrogens (primary N) is 1. The van der Waals surface area contributed by atoms with Crippen molar-refractivity contribution < 1.29 is 0 Å². The molecule has 0 heterocycles. The topological polar surface area (TPSA) is 38.4 Å². The Morgan fingerprint density at radius 1 is 1.27 bits per heavy atom. The zero-order valence-electron chi connectivity index (χ0n) is 15.0. The molecule has 2 rings (SSSR count). The number of alkyl halides is 1. The van der Waals surface area contributed by atoms with Crippen LogP contribution in [-0.4, -0.2) is 17.2 Å². The maximum absolute atomic E-state index is 6.35. The molecule has 0 aliphatic rings. The van der Waals surface area contributed by atoms with E-state index in [1.165, 1.54) is 5.56 Å². The van der Waals surface area contributed by atoms with E-state index in [2.05, 4.69) is 58.8 Å². The quantitative estimate of drug-likeness (QED) is 0.258. The maximum Gasteiger partial charge on any atom is 0.0452 e. The summed E-state index contributed by atoms with van der Waals surface area (Å²) in [6.07, 6.45) is 4.47. The van der Waals surface area contributed by atoms with Crippen molar-refractivity contribution in [2.24, 2.45) is 10.7 Å². The van der Waals surface area contributed by atoms with E-state index in [0.717, 1.165) is 39.7 Å². The number of hydrogen-bond donors (Lipinski definition) is 1. The predicted molar refractivity (Wildman–Crippen MR) is 124 cm³/mol. The molecule has 0 aliphatic carbocycles. The molecule has 0 spiro atoms. The lowest BCUT2D eigenvalue weighted by atomic mass is 9.88. The van der Waals surface area contributed by atoms with Crippen LogP contribution in [-0.2, 0) is 0 Å². The Morgan fingerprint density at radius 3 is 2.69 bits per heavy atom. The molecule has 26 heavy (non-hydrogen) atoms. The zero-order chi connectivity index (χ0) is 19.1. The van der Waals surface area contributed by atoms with Crippen molar-refractivity contribution in [3.63, 3.8) is 0 Å². The molecule has 0 saturated heterocycles. The van der Waals surface area contributed by atoms with Crippen molar-refractivity contribution in [1.29, 1.82) is 0 Å². The van der Waals surface area contributed by atoms with Gasteiger partial charge in [-0.05, 0) is 47.7 Å². The van der Waals surface area contributed by atoms with Crippen LogP contribution >= 0.6 is 45.8 Å². The van der Waals surface area contributed by atoms with E-state index in [9.17, 15) is 0 Å². The Kier molecular flexibility index (Phi) is 8.45. The summed E-state index contributed by atoms with van der Waals surface area (Å²) in [5.74, 6) is 0.207. The van der Waals surface area contributed by atoms with Gasteiger partial charge in [-0.1, -0.05) is 77.0 Å². The van der Waals surface area contributed by atoms with Crippen LogP contribution in [0.1, 0.15) is 41.5 Å². The van der Waals surface area contributed by atoms with Crippen LogP contribution in [0.15, 0.2) is 47.6 Å². The molecule has 2 aromatic carbocycles. The molecule has 1 atom stereocenters. The van der Waals surface area contributed by atoms with Gasteiger partial charge in [-0.15, -0.1) is 0 Å². The lowest BCUT2D eigenvalue weighted by Crippen LogP contribution is -2.06. The Bertz CT molecular complexity index is 816. The standard InChI is InChI=1S/C21H23Cl2IN2/c1-3-7-26-13-17(12-25)15-5-4-6-16(8-15)20(11-24)19-9-18(22)10-21(23)14(19)2/h4-6,8-10,12-13,20H,3,7,11,25H2,1-2H3/t20-/m0/s1. The largest absolute Gasteiger partial charge is 0.404 e. The van der Waals surface area contributed by atoms with E-state index in [1.807, 2.05) is 19.2 Å². The van der Waals surface area contributed by atoms with Crippen LogP contribution in [0.3, 0.4) is 0 Å². The first-order valence-electron chi connectivity index (χ1n) is 8.55. The summed E-state index contributed by atoms with van der Waals surface area (Å²) >= 11 is 15.0. The molecule has 5 heteroatoms. The number of rotatable bonds is 7. The SMILES string of the molecule is CCCN=CC(=CN)c1cccc([C@H](CI)c2cc(Cl)cc(Cl)c2C)c1. The van der Waals surface area contributed by atoms with Crippen molar-refractivity contribution in [3.8, 4) is 0 Å². The molecule has 0 unspecified atom stereocenters. The van der Waals surface area contributed by atoms with Gasteiger partial charge in [0.2, 0.25) is 0 Å². The molecule has 0 fully saturated rings. The van der Waals surface area contributed by atoms with E-state index in [4.69, 9.17) is 28.9 Å². The molecule has 0 radical (unpaired) electrons. The average molecular weight is 501 g/mol. The Hall–Kier alpha value is -1.04. The molecule has 2 aromatic rings. The molecule has 0 amide bonds. The van der Waals surface area contributed by atoms with Gasteiger partial charge in [0.15, 0.2) is 0 Å². The highest BCUT2D eigenvalue weighted by atomic mass is 127. The summed E-state index contributed by atoms with van der Waals surface area (Å²) < 4.78 is 0.921. The first-order valence-corrected chi connectivity index (χ1v) is 10.8. The predicted octanol–water partition coefficient (Wildman–Crippen LogP) is 6.65. The van der Waals surface area contributed by atoms with E-state index >= 15 is 0 Å². The van der Waals surface area contributed by atoms with Gasteiger partial charge in [0.1, 0.15) is 0 Å². The van der Waals surface area contributed by atoms with Crippen LogP contribution < -0.4 is 5.73 Å². The van der Waals surface area contributed by atoms with E-state index < -0.39 is 0 Å². The maximum atomic E-state index is 6.35. The fourth-order valence-electron chi connectivity index (χ4n) is 2.82. The molecule has 2 N–H and O–H groups in total. The van der Waals surface area contributed by atoms with Crippen LogP contribution in [0.5, 0.6) is 0 Å². The first kappa shape index (κ1) is 21.3. The third-order valence-electron chi connectivity index (χ3n) is 4.26. The third kappa shape index (κ3) is 5.24. The number of benzene rings is 2. The Morgan fingerprint density at radius 2 is 2.04 bits per heavy atom. The molecule has 2 nitrogen and oxygen atoms in total. The minimum atomic E-state index is 0.207. The minimum absolute atomic E-state index is 0.207. The number of aliphatic imine (C=N–C) groups is 1. The van der Waals surface area contributed by atoms with Crippen molar-refractivity contribution in [3.05, 3.63) is 74.9 Å². The van der Waals surface area contributed by atoms with E-state index in [-0.39, 0.29) is 5.92 Å². The van der Waals surface area contributed by atoms with Gasteiger partial charge in [0.05, 0.1) is 0 Å². The summed E-state index contributed by atoms with van der Waals surface area (Å²) in [4.78, 5) is 4.42. The van der Waals surface area contributed by atoms with Gasteiger partial charge in [-0.3, -0.25) is 4.99 Å². The van der Waals surface area contributed by atoms with E-state index in [1.54, 1.807) is 12.3 Å². The first-order chi connectivity index (χ1) is 12.5. The monoisotopic (exact) mass is 500 g/mol. The summed E-state index contributed by atoms with van der Waals surface area (Å²) in [6, 6.07) is 12.2. The van der Waals surface area contributed by atoms with Gasteiger partial charge >= 0.3 is 0 Å². The number of nitrogens with zero attached hydrogens (tertiary/aromatic N) is 1. The average Bonchev–Trinajstić information content (AvgIpc) is 2.63. The number of halogens is 3. The van der Waals surface area contributed by atoms with E-state index in [0.29, 0.717) is 10.0 Å². The lowest BCUT2D eigenvalue weighted by molar-refractivity contribution is 0.936. The molecular weight excluding hydrogens is 478 g/mol.